The van der Waals surface area contributed by atoms with Gasteiger partial charge >= 0.3 is 0 Å². The summed E-state index contributed by atoms with van der Waals surface area (Å²) in [6, 6.07) is 9.77. The van der Waals surface area contributed by atoms with Gasteiger partial charge < -0.3 is 4.74 Å². The SMILES string of the molecule is C=CC(OCc1ccccc1)C(C)(C)COS(=O)(=O)CCCCl. The van der Waals surface area contributed by atoms with Gasteiger partial charge in [0.25, 0.3) is 10.1 Å². The van der Waals surface area contributed by atoms with E-state index in [9.17, 15) is 8.42 Å². The first kappa shape index (κ1) is 20.2. The molecule has 6 heteroatoms. The van der Waals surface area contributed by atoms with Gasteiger partial charge in [-0.25, -0.2) is 0 Å². The normalized spacial score (nSPS) is 13.7. The van der Waals surface area contributed by atoms with Crippen molar-refractivity contribution in [3.8, 4) is 0 Å². The minimum Gasteiger partial charge on any atom is -0.369 e. The molecule has 1 unspecified atom stereocenters. The highest BCUT2D eigenvalue weighted by Crippen LogP contribution is 2.26. The summed E-state index contributed by atoms with van der Waals surface area (Å²) in [6.07, 6.45) is 1.73. The zero-order valence-electron chi connectivity index (χ0n) is 13.7. The summed E-state index contributed by atoms with van der Waals surface area (Å²) in [5.74, 6) is 0.220. The van der Waals surface area contributed by atoms with Crippen LogP contribution in [0.3, 0.4) is 0 Å². The van der Waals surface area contributed by atoms with Crippen LogP contribution in [0, 0.1) is 5.41 Å². The van der Waals surface area contributed by atoms with Gasteiger partial charge in [0.2, 0.25) is 0 Å². The van der Waals surface area contributed by atoms with E-state index in [0.717, 1.165) is 5.56 Å². The summed E-state index contributed by atoms with van der Waals surface area (Å²) in [5, 5.41) is 0. The average molecular weight is 361 g/mol. The molecule has 4 nitrogen and oxygen atoms in total. The van der Waals surface area contributed by atoms with Gasteiger partial charge in [-0.2, -0.15) is 8.42 Å². The fraction of sp³-hybridized carbons (Fsp3) is 0.529. The first-order valence-electron chi connectivity index (χ1n) is 7.52. The smallest absolute Gasteiger partial charge is 0.267 e. The predicted octanol–water partition coefficient (Wildman–Crippen LogP) is 3.76. The quantitative estimate of drug-likeness (QED) is 0.342. The van der Waals surface area contributed by atoms with E-state index in [2.05, 4.69) is 6.58 Å². The Balaban J connectivity index is 2.58. The van der Waals surface area contributed by atoms with Gasteiger partial charge in [-0.05, 0) is 12.0 Å². The lowest BCUT2D eigenvalue weighted by Crippen LogP contribution is -2.35. The number of halogens is 1. The van der Waals surface area contributed by atoms with E-state index in [1.54, 1.807) is 6.08 Å². The molecular weight excluding hydrogens is 336 g/mol. The lowest BCUT2D eigenvalue weighted by atomic mass is 9.87. The second-order valence-electron chi connectivity index (χ2n) is 6.01. The second kappa shape index (κ2) is 9.42. The van der Waals surface area contributed by atoms with Crippen molar-refractivity contribution < 1.29 is 17.3 Å². The number of hydrogen-bond acceptors (Lipinski definition) is 4. The van der Waals surface area contributed by atoms with Crippen LogP contribution in [0.25, 0.3) is 0 Å². The molecule has 0 spiro atoms. The molecule has 0 radical (unpaired) electrons. The van der Waals surface area contributed by atoms with Crippen LogP contribution in [0.4, 0.5) is 0 Å². The molecule has 0 saturated heterocycles. The van der Waals surface area contributed by atoms with Gasteiger partial charge in [-0.3, -0.25) is 4.18 Å². The van der Waals surface area contributed by atoms with E-state index in [0.29, 0.717) is 18.9 Å². The highest BCUT2D eigenvalue weighted by atomic mass is 35.5. The van der Waals surface area contributed by atoms with Gasteiger partial charge in [0.1, 0.15) is 0 Å². The summed E-state index contributed by atoms with van der Waals surface area (Å²) in [7, 11) is -3.56. The van der Waals surface area contributed by atoms with E-state index < -0.39 is 15.5 Å². The summed E-state index contributed by atoms with van der Waals surface area (Å²) >= 11 is 5.52. The standard InChI is InChI=1S/C17H25ClO4S/c1-4-16(21-13-15-9-6-5-7-10-15)17(2,3)14-22-23(19,20)12-8-11-18/h4-7,9-10,16H,1,8,11-14H2,2-3H3. The number of ether oxygens (including phenoxy) is 1. The van der Waals surface area contributed by atoms with Crippen LogP contribution in [0.5, 0.6) is 0 Å². The predicted molar refractivity (Wildman–Crippen MR) is 94.1 cm³/mol. The van der Waals surface area contributed by atoms with E-state index >= 15 is 0 Å². The van der Waals surface area contributed by atoms with Crippen molar-refractivity contribution in [3.05, 3.63) is 48.6 Å². The molecule has 1 atom stereocenters. The maximum atomic E-state index is 11.8. The van der Waals surface area contributed by atoms with Crippen molar-refractivity contribution in [2.24, 2.45) is 5.41 Å². The summed E-state index contributed by atoms with van der Waals surface area (Å²) in [6.45, 7) is 8.03. The van der Waals surface area contributed by atoms with E-state index in [1.807, 2.05) is 44.2 Å². The minimum absolute atomic E-state index is 0.0308. The second-order valence-corrected chi connectivity index (χ2v) is 8.15. The van der Waals surface area contributed by atoms with Crippen molar-refractivity contribution in [1.29, 1.82) is 0 Å². The van der Waals surface area contributed by atoms with Gasteiger partial charge in [0, 0.05) is 11.3 Å². The maximum absolute atomic E-state index is 11.8. The molecule has 0 fully saturated rings. The Morgan fingerprint density at radius 1 is 1.30 bits per heavy atom. The number of hydrogen-bond donors (Lipinski definition) is 0. The third-order valence-electron chi connectivity index (χ3n) is 3.40. The lowest BCUT2D eigenvalue weighted by Gasteiger charge is -2.31. The average Bonchev–Trinajstić information content (AvgIpc) is 2.53. The van der Waals surface area contributed by atoms with Gasteiger partial charge in [0.15, 0.2) is 0 Å². The third-order valence-corrected chi connectivity index (χ3v) is 4.93. The molecule has 0 aromatic heterocycles. The maximum Gasteiger partial charge on any atom is 0.267 e. The van der Waals surface area contributed by atoms with Crippen LogP contribution in [0.2, 0.25) is 0 Å². The fourth-order valence-electron chi connectivity index (χ4n) is 1.99. The first-order chi connectivity index (χ1) is 10.8. The number of benzene rings is 1. The Hall–Kier alpha value is -0.880. The summed E-state index contributed by atoms with van der Waals surface area (Å²) in [4.78, 5) is 0. The summed E-state index contributed by atoms with van der Waals surface area (Å²) in [5.41, 5.74) is 0.524. The zero-order chi connectivity index (χ0) is 17.3. The molecule has 0 aliphatic carbocycles. The Kier molecular flexibility index (Phi) is 8.26. The minimum atomic E-state index is -3.56. The fourth-order valence-corrected chi connectivity index (χ4v) is 3.38. The number of rotatable bonds is 11. The van der Waals surface area contributed by atoms with Crippen LogP contribution in [-0.4, -0.2) is 32.8 Å². The Morgan fingerprint density at radius 2 is 1.96 bits per heavy atom. The first-order valence-corrected chi connectivity index (χ1v) is 9.63. The van der Waals surface area contributed by atoms with Crippen molar-refractivity contribution in [2.75, 3.05) is 18.2 Å². The molecule has 1 rings (SSSR count). The lowest BCUT2D eigenvalue weighted by molar-refractivity contribution is -0.0228. The molecule has 0 N–H and O–H groups in total. The van der Waals surface area contributed by atoms with E-state index in [-0.39, 0.29) is 18.5 Å². The summed E-state index contributed by atoms with van der Waals surface area (Å²) < 4.78 is 34.5. The van der Waals surface area contributed by atoms with Crippen molar-refractivity contribution >= 4 is 21.7 Å². The van der Waals surface area contributed by atoms with Crippen LogP contribution in [0.15, 0.2) is 43.0 Å². The Labute approximate surface area is 144 Å². The molecule has 0 aliphatic rings. The number of alkyl halides is 1. The largest absolute Gasteiger partial charge is 0.369 e. The monoisotopic (exact) mass is 360 g/mol. The highest BCUT2D eigenvalue weighted by Gasteiger charge is 2.30. The van der Waals surface area contributed by atoms with Gasteiger partial charge in [-0.1, -0.05) is 50.3 Å². The van der Waals surface area contributed by atoms with Gasteiger partial charge in [0.05, 0.1) is 25.1 Å². The van der Waals surface area contributed by atoms with Crippen LogP contribution in [0.1, 0.15) is 25.8 Å². The van der Waals surface area contributed by atoms with Crippen molar-refractivity contribution in [2.45, 2.75) is 33.0 Å². The Morgan fingerprint density at radius 3 is 2.52 bits per heavy atom. The highest BCUT2D eigenvalue weighted by molar-refractivity contribution is 7.86. The van der Waals surface area contributed by atoms with Crippen LogP contribution < -0.4 is 0 Å². The van der Waals surface area contributed by atoms with E-state index in [1.165, 1.54) is 0 Å². The molecule has 0 saturated carbocycles. The molecule has 0 aliphatic heterocycles. The molecule has 23 heavy (non-hydrogen) atoms. The zero-order valence-corrected chi connectivity index (χ0v) is 15.3. The van der Waals surface area contributed by atoms with Crippen LogP contribution in [-0.2, 0) is 25.6 Å². The molecule has 0 bridgehead atoms. The molecule has 130 valence electrons. The third kappa shape index (κ3) is 7.48. The van der Waals surface area contributed by atoms with Crippen LogP contribution >= 0.6 is 11.6 Å². The Bertz CT molecular complexity index is 570. The van der Waals surface area contributed by atoms with Crippen molar-refractivity contribution in [1.82, 2.24) is 0 Å². The molecule has 0 amide bonds. The van der Waals surface area contributed by atoms with Crippen molar-refractivity contribution in [3.63, 3.8) is 0 Å². The molecule has 1 aromatic carbocycles. The molecular formula is C17H25ClO4S. The topological polar surface area (TPSA) is 52.6 Å². The van der Waals surface area contributed by atoms with E-state index in [4.69, 9.17) is 20.5 Å². The van der Waals surface area contributed by atoms with Gasteiger partial charge in [-0.15, -0.1) is 18.2 Å². The molecule has 1 aromatic rings. The molecule has 0 heterocycles.